The Morgan fingerprint density at radius 1 is 1.39 bits per heavy atom. The van der Waals surface area contributed by atoms with Gasteiger partial charge in [0.05, 0.1) is 17.2 Å². The molecular formula is C12H17ClN2O2S. The summed E-state index contributed by atoms with van der Waals surface area (Å²) >= 11 is 6.20. The quantitative estimate of drug-likeness (QED) is 0.794. The highest BCUT2D eigenvalue weighted by Crippen LogP contribution is 2.34. The van der Waals surface area contributed by atoms with Crippen LogP contribution in [0.1, 0.15) is 37.2 Å². The van der Waals surface area contributed by atoms with Crippen LogP contribution in [0.15, 0.2) is 0 Å². The van der Waals surface area contributed by atoms with Crippen LogP contribution >= 0.6 is 11.6 Å². The van der Waals surface area contributed by atoms with Crippen LogP contribution < -0.4 is 0 Å². The Morgan fingerprint density at radius 3 is 2.83 bits per heavy atom. The number of halogens is 1. The largest absolute Gasteiger partial charge is 0.330 e. The molecule has 1 saturated heterocycles. The molecule has 0 radical (unpaired) electrons. The SMILES string of the molecule is CC1CCn2c(C3CCS(=O)(=O)C3)nc(Cl)c2C1. The average molecular weight is 289 g/mol. The summed E-state index contributed by atoms with van der Waals surface area (Å²) in [6.45, 7) is 3.13. The van der Waals surface area contributed by atoms with Gasteiger partial charge in [-0.25, -0.2) is 13.4 Å². The van der Waals surface area contributed by atoms with Crippen molar-refractivity contribution in [3.05, 3.63) is 16.7 Å². The molecular weight excluding hydrogens is 272 g/mol. The maximum atomic E-state index is 11.6. The molecule has 100 valence electrons. The van der Waals surface area contributed by atoms with Crippen molar-refractivity contribution in [2.75, 3.05) is 11.5 Å². The minimum absolute atomic E-state index is 0.0367. The highest BCUT2D eigenvalue weighted by molar-refractivity contribution is 7.91. The van der Waals surface area contributed by atoms with E-state index in [2.05, 4.69) is 16.5 Å². The standard InChI is InChI=1S/C12H17ClN2O2S/c1-8-2-4-15-10(6-8)11(13)14-12(15)9-3-5-18(16,17)7-9/h8-9H,2-7H2,1H3. The number of aromatic nitrogens is 2. The van der Waals surface area contributed by atoms with Gasteiger partial charge in [-0.1, -0.05) is 18.5 Å². The van der Waals surface area contributed by atoms with Crippen LogP contribution in [0.25, 0.3) is 0 Å². The molecule has 0 spiro atoms. The Bertz CT molecular complexity index is 579. The molecule has 6 heteroatoms. The number of nitrogens with zero attached hydrogens (tertiary/aromatic N) is 2. The van der Waals surface area contributed by atoms with E-state index in [9.17, 15) is 8.42 Å². The van der Waals surface area contributed by atoms with Crippen LogP contribution in [-0.4, -0.2) is 29.5 Å². The van der Waals surface area contributed by atoms with Gasteiger partial charge in [-0.05, 0) is 25.2 Å². The van der Waals surface area contributed by atoms with Crippen molar-refractivity contribution in [1.82, 2.24) is 9.55 Å². The Balaban J connectivity index is 1.97. The van der Waals surface area contributed by atoms with Crippen molar-refractivity contribution in [3.8, 4) is 0 Å². The van der Waals surface area contributed by atoms with Gasteiger partial charge in [0, 0.05) is 12.5 Å². The maximum Gasteiger partial charge on any atom is 0.151 e. The summed E-state index contributed by atoms with van der Waals surface area (Å²) in [6, 6.07) is 0. The summed E-state index contributed by atoms with van der Waals surface area (Å²) in [7, 11) is -2.87. The predicted molar refractivity (Wildman–Crippen MR) is 70.7 cm³/mol. The van der Waals surface area contributed by atoms with Crippen molar-refractivity contribution in [1.29, 1.82) is 0 Å². The molecule has 1 fully saturated rings. The molecule has 1 aromatic heterocycles. The monoisotopic (exact) mass is 288 g/mol. The summed E-state index contributed by atoms with van der Waals surface area (Å²) in [6.07, 6.45) is 2.75. The molecule has 2 aliphatic heterocycles. The molecule has 0 aliphatic carbocycles. The summed E-state index contributed by atoms with van der Waals surface area (Å²) in [5.74, 6) is 2.08. The Hall–Kier alpha value is -0.550. The van der Waals surface area contributed by atoms with Gasteiger partial charge in [0.25, 0.3) is 0 Å². The molecule has 3 rings (SSSR count). The molecule has 2 atom stereocenters. The Morgan fingerprint density at radius 2 is 2.17 bits per heavy atom. The molecule has 3 heterocycles. The third kappa shape index (κ3) is 2.07. The Labute approximate surface area is 112 Å². The number of fused-ring (bicyclic) bond motifs is 1. The van der Waals surface area contributed by atoms with Gasteiger partial charge in [-0.15, -0.1) is 0 Å². The van der Waals surface area contributed by atoms with Gasteiger partial charge in [-0.3, -0.25) is 0 Å². The fraction of sp³-hybridized carbons (Fsp3) is 0.750. The summed E-state index contributed by atoms with van der Waals surface area (Å²) < 4.78 is 25.3. The van der Waals surface area contributed by atoms with Gasteiger partial charge in [0.1, 0.15) is 5.82 Å². The normalized spacial score (nSPS) is 30.3. The molecule has 0 N–H and O–H groups in total. The lowest BCUT2D eigenvalue weighted by Gasteiger charge is -2.23. The van der Waals surface area contributed by atoms with Crippen molar-refractivity contribution >= 4 is 21.4 Å². The first kappa shape index (κ1) is 12.5. The lowest BCUT2D eigenvalue weighted by molar-refractivity contribution is 0.404. The van der Waals surface area contributed by atoms with E-state index < -0.39 is 9.84 Å². The number of sulfone groups is 1. The van der Waals surface area contributed by atoms with Crippen molar-refractivity contribution in [3.63, 3.8) is 0 Å². The molecule has 2 aliphatic rings. The highest BCUT2D eigenvalue weighted by atomic mass is 35.5. The first-order chi connectivity index (χ1) is 8.46. The topological polar surface area (TPSA) is 52.0 Å². The second-order valence-electron chi connectivity index (χ2n) is 5.56. The third-order valence-corrected chi connectivity index (χ3v) is 6.11. The fourth-order valence-electron chi connectivity index (χ4n) is 3.01. The van der Waals surface area contributed by atoms with Gasteiger partial charge in [-0.2, -0.15) is 0 Å². The lowest BCUT2D eigenvalue weighted by atomic mass is 9.98. The lowest BCUT2D eigenvalue weighted by Crippen LogP contribution is -2.20. The van der Waals surface area contributed by atoms with E-state index in [1.807, 2.05) is 0 Å². The van der Waals surface area contributed by atoms with Gasteiger partial charge >= 0.3 is 0 Å². The van der Waals surface area contributed by atoms with Crippen molar-refractivity contribution in [2.24, 2.45) is 5.92 Å². The number of rotatable bonds is 1. The fourth-order valence-corrected chi connectivity index (χ4v) is 5.02. The minimum Gasteiger partial charge on any atom is -0.330 e. The second kappa shape index (κ2) is 4.23. The zero-order chi connectivity index (χ0) is 12.9. The predicted octanol–water partition coefficient (Wildman–Crippen LogP) is 2.02. The van der Waals surface area contributed by atoms with Crippen molar-refractivity contribution < 1.29 is 8.42 Å². The minimum atomic E-state index is -2.87. The maximum absolute atomic E-state index is 11.6. The van der Waals surface area contributed by atoms with Gasteiger partial charge in [0.2, 0.25) is 0 Å². The molecule has 0 amide bonds. The molecule has 18 heavy (non-hydrogen) atoms. The van der Waals surface area contributed by atoms with Gasteiger partial charge < -0.3 is 4.57 Å². The molecule has 0 saturated carbocycles. The van der Waals surface area contributed by atoms with E-state index in [4.69, 9.17) is 11.6 Å². The number of hydrogen-bond acceptors (Lipinski definition) is 3. The molecule has 4 nitrogen and oxygen atoms in total. The van der Waals surface area contributed by atoms with E-state index in [0.717, 1.165) is 30.9 Å². The van der Waals surface area contributed by atoms with E-state index in [0.29, 0.717) is 17.5 Å². The van der Waals surface area contributed by atoms with Crippen LogP contribution in [0.5, 0.6) is 0 Å². The zero-order valence-corrected chi connectivity index (χ0v) is 12.0. The van der Waals surface area contributed by atoms with E-state index in [1.165, 1.54) is 0 Å². The van der Waals surface area contributed by atoms with E-state index in [1.54, 1.807) is 0 Å². The highest BCUT2D eigenvalue weighted by Gasteiger charge is 2.34. The Kier molecular flexibility index (Phi) is 2.94. The van der Waals surface area contributed by atoms with E-state index in [-0.39, 0.29) is 17.4 Å². The number of hydrogen-bond donors (Lipinski definition) is 0. The van der Waals surface area contributed by atoms with Crippen LogP contribution in [-0.2, 0) is 22.8 Å². The second-order valence-corrected chi connectivity index (χ2v) is 8.14. The van der Waals surface area contributed by atoms with Crippen molar-refractivity contribution in [2.45, 2.75) is 38.6 Å². The average Bonchev–Trinajstić information content (AvgIpc) is 2.80. The summed E-state index contributed by atoms with van der Waals surface area (Å²) in [5.41, 5.74) is 1.09. The van der Waals surface area contributed by atoms with Crippen LogP contribution in [0.4, 0.5) is 0 Å². The first-order valence-corrected chi connectivity index (χ1v) is 8.61. The van der Waals surface area contributed by atoms with Crippen LogP contribution in [0.2, 0.25) is 5.15 Å². The van der Waals surface area contributed by atoms with Crippen LogP contribution in [0.3, 0.4) is 0 Å². The zero-order valence-electron chi connectivity index (χ0n) is 10.4. The summed E-state index contributed by atoms with van der Waals surface area (Å²) in [4.78, 5) is 4.44. The number of imidazole rings is 1. The molecule has 1 aromatic rings. The van der Waals surface area contributed by atoms with E-state index >= 15 is 0 Å². The molecule has 0 bridgehead atoms. The first-order valence-electron chi connectivity index (χ1n) is 6.41. The summed E-state index contributed by atoms with van der Waals surface area (Å²) in [5, 5.41) is 0.570. The van der Waals surface area contributed by atoms with Gasteiger partial charge in [0.15, 0.2) is 15.0 Å². The molecule has 2 unspecified atom stereocenters. The van der Waals surface area contributed by atoms with Crippen LogP contribution in [0, 0.1) is 5.92 Å². The third-order valence-electron chi connectivity index (χ3n) is 4.04. The smallest absolute Gasteiger partial charge is 0.151 e. The molecule has 0 aromatic carbocycles.